The van der Waals surface area contributed by atoms with Crippen LogP contribution in [0.5, 0.6) is 0 Å². The van der Waals surface area contributed by atoms with Crippen molar-refractivity contribution < 1.29 is 5.11 Å². The van der Waals surface area contributed by atoms with E-state index in [0.717, 1.165) is 31.1 Å². The maximum Gasteiger partial charge on any atom is 0.185 e. The summed E-state index contributed by atoms with van der Waals surface area (Å²) in [6.45, 7) is 4.35. The zero-order chi connectivity index (χ0) is 11.4. The summed E-state index contributed by atoms with van der Waals surface area (Å²) in [5, 5.41) is 15.6. The highest BCUT2D eigenvalue weighted by molar-refractivity contribution is 7.13. The first-order chi connectivity index (χ1) is 7.79. The van der Waals surface area contributed by atoms with Crippen LogP contribution in [0.4, 0.5) is 5.13 Å². The summed E-state index contributed by atoms with van der Waals surface area (Å²) < 4.78 is 0. The Balaban J connectivity index is 1.78. The number of aromatic nitrogens is 1. The van der Waals surface area contributed by atoms with Crippen molar-refractivity contribution in [2.24, 2.45) is 0 Å². The maximum atomic E-state index is 8.99. The van der Waals surface area contributed by atoms with E-state index in [9.17, 15) is 0 Å². The van der Waals surface area contributed by atoms with E-state index in [2.05, 4.69) is 15.2 Å². The van der Waals surface area contributed by atoms with E-state index in [-0.39, 0.29) is 12.6 Å². The molecule has 0 amide bonds. The Morgan fingerprint density at radius 1 is 1.62 bits per heavy atom. The number of aliphatic hydroxyl groups is 1. The summed E-state index contributed by atoms with van der Waals surface area (Å²) >= 11 is 1.70. The first kappa shape index (κ1) is 11.8. The standard InChI is InChI=1S/C11H19N3OS/c1-9(8-15)13-10-2-5-14(6-3-10)11-12-4-7-16-11/h4,7,9-10,13,15H,2-3,5-6,8H2,1H3. The summed E-state index contributed by atoms with van der Waals surface area (Å²) in [5.41, 5.74) is 0. The molecule has 0 radical (unpaired) electrons. The molecule has 1 atom stereocenters. The number of aliphatic hydroxyl groups excluding tert-OH is 1. The van der Waals surface area contributed by atoms with Crippen LogP contribution in [0.3, 0.4) is 0 Å². The predicted octanol–water partition coefficient (Wildman–Crippen LogP) is 1.08. The van der Waals surface area contributed by atoms with Crippen LogP contribution in [0, 0.1) is 0 Å². The minimum absolute atomic E-state index is 0.205. The van der Waals surface area contributed by atoms with E-state index in [1.807, 2.05) is 18.5 Å². The highest BCUT2D eigenvalue weighted by atomic mass is 32.1. The molecule has 4 nitrogen and oxygen atoms in total. The highest BCUT2D eigenvalue weighted by Crippen LogP contribution is 2.21. The van der Waals surface area contributed by atoms with Gasteiger partial charge in [0.25, 0.3) is 0 Å². The third-order valence-corrected chi connectivity index (χ3v) is 3.81. The smallest absolute Gasteiger partial charge is 0.185 e. The van der Waals surface area contributed by atoms with Gasteiger partial charge in [-0.2, -0.15) is 0 Å². The molecule has 1 fully saturated rings. The average Bonchev–Trinajstić information content (AvgIpc) is 2.83. The van der Waals surface area contributed by atoms with E-state index in [1.165, 1.54) is 0 Å². The predicted molar refractivity (Wildman–Crippen MR) is 67.0 cm³/mol. The third-order valence-electron chi connectivity index (χ3n) is 2.98. The van der Waals surface area contributed by atoms with E-state index >= 15 is 0 Å². The van der Waals surface area contributed by atoms with Gasteiger partial charge in [-0.3, -0.25) is 0 Å². The van der Waals surface area contributed by atoms with E-state index < -0.39 is 0 Å². The second-order valence-electron chi connectivity index (χ2n) is 4.33. The van der Waals surface area contributed by atoms with Crippen LogP contribution in [-0.4, -0.2) is 41.9 Å². The van der Waals surface area contributed by atoms with Gasteiger partial charge in [0.05, 0.1) is 6.61 Å². The summed E-state index contributed by atoms with van der Waals surface area (Å²) in [5.74, 6) is 0. The summed E-state index contributed by atoms with van der Waals surface area (Å²) in [4.78, 5) is 6.67. The largest absolute Gasteiger partial charge is 0.395 e. The minimum atomic E-state index is 0.205. The summed E-state index contributed by atoms with van der Waals surface area (Å²) in [7, 11) is 0. The monoisotopic (exact) mass is 241 g/mol. The van der Waals surface area contributed by atoms with Gasteiger partial charge < -0.3 is 15.3 Å². The molecule has 2 N–H and O–H groups in total. The van der Waals surface area contributed by atoms with Gasteiger partial charge in [-0.05, 0) is 19.8 Å². The molecule has 0 saturated carbocycles. The molecule has 2 rings (SSSR count). The molecule has 16 heavy (non-hydrogen) atoms. The van der Waals surface area contributed by atoms with Gasteiger partial charge in [-0.1, -0.05) is 0 Å². The number of hydrogen-bond acceptors (Lipinski definition) is 5. The molecule has 0 bridgehead atoms. The average molecular weight is 241 g/mol. The molecule has 0 aromatic carbocycles. The van der Waals surface area contributed by atoms with Crippen molar-refractivity contribution in [1.82, 2.24) is 10.3 Å². The molecule has 2 heterocycles. The lowest BCUT2D eigenvalue weighted by Gasteiger charge is -2.33. The van der Waals surface area contributed by atoms with Gasteiger partial charge >= 0.3 is 0 Å². The molecule has 1 aromatic heterocycles. The number of nitrogens with zero attached hydrogens (tertiary/aromatic N) is 2. The Kier molecular flexibility index (Phi) is 4.15. The minimum Gasteiger partial charge on any atom is -0.395 e. The van der Waals surface area contributed by atoms with Crippen molar-refractivity contribution in [3.63, 3.8) is 0 Å². The topological polar surface area (TPSA) is 48.4 Å². The molecule has 5 heteroatoms. The van der Waals surface area contributed by atoms with Crippen molar-refractivity contribution in [2.75, 3.05) is 24.6 Å². The number of piperidine rings is 1. The summed E-state index contributed by atoms with van der Waals surface area (Å²) in [6.07, 6.45) is 4.12. The molecule has 1 aromatic rings. The van der Waals surface area contributed by atoms with Crippen molar-refractivity contribution in [3.05, 3.63) is 11.6 Å². The van der Waals surface area contributed by atoms with Gasteiger partial charge in [0, 0.05) is 36.8 Å². The lowest BCUT2D eigenvalue weighted by molar-refractivity contribution is 0.233. The van der Waals surface area contributed by atoms with Crippen LogP contribution in [-0.2, 0) is 0 Å². The first-order valence-electron chi connectivity index (χ1n) is 5.81. The van der Waals surface area contributed by atoms with Gasteiger partial charge in [0.1, 0.15) is 0 Å². The van der Waals surface area contributed by atoms with Crippen LogP contribution >= 0.6 is 11.3 Å². The van der Waals surface area contributed by atoms with Crippen LogP contribution in [0.2, 0.25) is 0 Å². The first-order valence-corrected chi connectivity index (χ1v) is 6.69. The van der Waals surface area contributed by atoms with Gasteiger partial charge in [-0.25, -0.2) is 4.98 Å². The number of rotatable bonds is 4. The van der Waals surface area contributed by atoms with Crippen molar-refractivity contribution in [2.45, 2.75) is 31.8 Å². The second-order valence-corrected chi connectivity index (χ2v) is 5.20. The summed E-state index contributed by atoms with van der Waals surface area (Å²) in [6, 6.07) is 0.745. The third kappa shape index (κ3) is 2.93. The zero-order valence-electron chi connectivity index (χ0n) is 9.59. The van der Waals surface area contributed by atoms with Crippen LogP contribution in [0.25, 0.3) is 0 Å². The fourth-order valence-electron chi connectivity index (χ4n) is 2.06. The van der Waals surface area contributed by atoms with E-state index in [4.69, 9.17) is 5.11 Å². The van der Waals surface area contributed by atoms with Crippen molar-refractivity contribution in [1.29, 1.82) is 0 Å². The Hall–Kier alpha value is -0.650. The fraction of sp³-hybridized carbons (Fsp3) is 0.727. The van der Waals surface area contributed by atoms with E-state index in [1.54, 1.807) is 11.3 Å². The van der Waals surface area contributed by atoms with Crippen molar-refractivity contribution >= 4 is 16.5 Å². The fourth-order valence-corrected chi connectivity index (χ4v) is 2.76. The molecule has 0 spiro atoms. The number of nitrogens with one attached hydrogen (secondary N) is 1. The van der Waals surface area contributed by atoms with Gasteiger partial charge in [-0.15, -0.1) is 11.3 Å². The van der Waals surface area contributed by atoms with Crippen LogP contribution < -0.4 is 10.2 Å². The SMILES string of the molecule is CC(CO)NC1CCN(c2nccs2)CC1. The Bertz CT molecular complexity index is 296. The Labute approximate surface area is 100 Å². The lowest BCUT2D eigenvalue weighted by atomic mass is 10.0. The quantitative estimate of drug-likeness (QED) is 0.828. The zero-order valence-corrected chi connectivity index (χ0v) is 10.4. The molecular formula is C11H19N3OS. The van der Waals surface area contributed by atoms with Gasteiger partial charge in [0.15, 0.2) is 5.13 Å². The highest BCUT2D eigenvalue weighted by Gasteiger charge is 2.21. The van der Waals surface area contributed by atoms with E-state index in [0.29, 0.717) is 6.04 Å². The van der Waals surface area contributed by atoms with Gasteiger partial charge in [0.2, 0.25) is 0 Å². The molecule has 1 aliphatic heterocycles. The molecule has 90 valence electrons. The van der Waals surface area contributed by atoms with Crippen LogP contribution in [0.15, 0.2) is 11.6 Å². The van der Waals surface area contributed by atoms with Crippen molar-refractivity contribution in [3.8, 4) is 0 Å². The second kappa shape index (κ2) is 5.61. The number of hydrogen-bond donors (Lipinski definition) is 2. The Morgan fingerprint density at radius 2 is 2.38 bits per heavy atom. The molecule has 1 aliphatic rings. The number of thiazole rings is 1. The van der Waals surface area contributed by atoms with Crippen LogP contribution in [0.1, 0.15) is 19.8 Å². The Morgan fingerprint density at radius 3 is 2.94 bits per heavy atom. The maximum absolute atomic E-state index is 8.99. The number of anilines is 1. The molecule has 1 unspecified atom stereocenters. The molecule has 1 saturated heterocycles. The molecule has 0 aliphatic carbocycles. The normalized spacial score (nSPS) is 20.0. The lowest BCUT2D eigenvalue weighted by Crippen LogP contribution is -2.46. The molecular weight excluding hydrogens is 222 g/mol.